The molecule has 1 unspecified atom stereocenters. The van der Waals surface area contributed by atoms with Crippen molar-refractivity contribution < 1.29 is 49.6 Å². The fraction of sp³-hybridized carbons (Fsp3) is 0.941. The highest BCUT2D eigenvalue weighted by molar-refractivity contribution is 5.27. The van der Waals surface area contributed by atoms with Crippen molar-refractivity contribution in [2.24, 2.45) is 46.3 Å². The van der Waals surface area contributed by atoms with Crippen LogP contribution < -0.4 is 0 Å². The van der Waals surface area contributed by atoms with Crippen LogP contribution in [-0.4, -0.2) is 106 Å². The standard InChI is InChI=1S/C34H56O10/c1-17(16-42-31-30(40)29(39)28(38)26(15-35)43-31)8-11-34(41-5)18(2)27-25(44-34)13-22-20-7-6-19-12-23(36)24(37)14-33(19,4)21(20)9-10-32(22,27)3/h6,17-18,20-31,35-40H,7-16H2,1-5H3/t17?,18-,20+,21-,22-,23+,24+,25-,26+,27-,28+,29-,30+,31+,32-,33-,34+/m0/s1. The van der Waals surface area contributed by atoms with Gasteiger partial charge in [0.15, 0.2) is 12.1 Å². The van der Waals surface area contributed by atoms with Gasteiger partial charge in [0.1, 0.15) is 24.4 Å². The number of hydrogen-bond donors (Lipinski definition) is 6. The van der Waals surface area contributed by atoms with Crippen molar-refractivity contribution in [1.82, 2.24) is 0 Å². The molecule has 44 heavy (non-hydrogen) atoms. The molecule has 252 valence electrons. The quantitative estimate of drug-likeness (QED) is 0.221. The Morgan fingerprint density at radius 3 is 2.50 bits per heavy atom. The minimum absolute atomic E-state index is 0.0445. The van der Waals surface area contributed by atoms with Gasteiger partial charge in [-0.2, -0.15) is 0 Å². The largest absolute Gasteiger partial charge is 0.394 e. The Labute approximate surface area is 261 Å². The van der Waals surface area contributed by atoms with Gasteiger partial charge < -0.3 is 49.6 Å². The number of ether oxygens (including phenoxy) is 4. The molecule has 6 aliphatic rings. The average molecular weight is 625 g/mol. The third-order valence-electron chi connectivity index (χ3n) is 13.5. The summed E-state index contributed by atoms with van der Waals surface area (Å²) in [4.78, 5) is 0. The second-order valence-corrected chi connectivity index (χ2v) is 15.7. The van der Waals surface area contributed by atoms with Gasteiger partial charge in [-0.25, -0.2) is 0 Å². The van der Waals surface area contributed by atoms with Crippen LogP contribution in [0.5, 0.6) is 0 Å². The molecule has 0 bridgehead atoms. The van der Waals surface area contributed by atoms with E-state index < -0.39 is 55.3 Å². The Hall–Kier alpha value is -0.660. The minimum Gasteiger partial charge on any atom is -0.394 e. The summed E-state index contributed by atoms with van der Waals surface area (Å²) in [5.41, 5.74) is 1.46. The lowest BCUT2D eigenvalue weighted by Crippen LogP contribution is -2.59. The van der Waals surface area contributed by atoms with Crippen molar-refractivity contribution >= 4 is 0 Å². The molecule has 6 rings (SSSR count). The van der Waals surface area contributed by atoms with Gasteiger partial charge in [0.25, 0.3) is 0 Å². The molecule has 4 aliphatic carbocycles. The molecule has 6 N–H and O–H groups in total. The lowest BCUT2D eigenvalue weighted by molar-refractivity contribution is -0.303. The van der Waals surface area contributed by atoms with E-state index in [1.165, 1.54) is 5.57 Å². The second kappa shape index (κ2) is 12.1. The van der Waals surface area contributed by atoms with E-state index in [-0.39, 0.29) is 35.4 Å². The molecule has 10 heteroatoms. The second-order valence-electron chi connectivity index (χ2n) is 15.7. The highest BCUT2D eigenvalue weighted by Crippen LogP contribution is 2.70. The predicted molar refractivity (Wildman–Crippen MR) is 160 cm³/mol. The average Bonchev–Trinajstić information content (AvgIpc) is 3.45. The van der Waals surface area contributed by atoms with Crippen LogP contribution >= 0.6 is 0 Å². The lowest BCUT2D eigenvalue weighted by Gasteiger charge is -2.59. The van der Waals surface area contributed by atoms with Crippen LogP contribution in [0.3, 0.4) is 0 Å². The van der Waals surface area contributed by atoms with E-state index in [1.807, 2.05) is 0 Å². The fourth-order valence-corrected chi connectivity index (χ4v) is 11.0. The Morgan fingerprint density at radius 1 is 1.05 bits per heavy atom. The summed E-state index contributed by atoms with van der Waals surface area (Å²) in [5.74, 6) is 1.63. The maximum Gasteiger partial charge on any atom is 0.186 e. The summed E-state index contributed by atoms with van der Waals surface area (Å²) in [6, 6.07) is 0. The number of fused-ring (bicyclic) bond motifs is 7. The first kappa shape index (κ1) is 33.2. The maximum atomic E-state index is 10.6. The molecule has 0 aromatic heterocycles. The van der Waals surface area contributed by atoms with Gasteiger partial charge in [-0.1, -0.05) is 39.3 Å². The summed E-state index contributed by atoms with van der Waals surface area (Å²) < 4.78 is 24.5. The molecule has 3 saturated carbocycles. The van der Waals surface area contributed by atoms with Crippen LogP contribution in [0.25, 0.3) is 0 Å². The number of methoxy groups -OCH3 is 1. The summed E-state index contributed by atoms with van der Waals surface area (Å²) >= 11 is 0. The highest BCUT2D eigenvalue weighted by Gasteiger charge is 2.68. The van der Waals surface area contributed by atoms with Crippen LogP contribution in [0.2, 0.25) is 0 Å². The molecule has 0 radical (unpaired) electrons. The van der Waals surface area contributed by atoms with E-state index in [0.29, 0.717) is 42.9 Å². The van der Waals surface area contributed by atoms with Crippen LogP contribution in [0, 0.1) is 46.3 Å². The SMILES string of the molecule is CO[C@]1(CCC(C)CO[C@@H]2O[C@H](CO)[C@@H](O)[C@H](O)[C@H]2O)O[C@H]2C[C@H]3[C@@H]4CC=C5C[C@@H](O)[C@H](O)C[C@]5(C)[C@H]4CC[C@]3(C)[C@H]2[C@@H]1C. The van der Waals surface area contributed by atoms with Gasteiger partial charge in [0, 0.05) is 19.4 Å². The zero-order valence-electron chi connectivity index (χ0n) is 27.0. The summed E-state index contributed by atoms with van der Waals surface area (Å²) in [6.45, 7) is 8.95. The van der Waals surface area contributed by atoms with E-state index >= 15 is 0 Å². The minimum atomic E-state index is -1.46. The Bertz CT molecular complexity index is 1070. The van der Waals surface area contributed by atoms with Gasteiger partial charge >= 0.3 is 0 Å². The van der Waals surface area contributed by atoms with E-state index in [9.17, 15) is 30.6 Å². The van der Waals surface area contributed by atoms with Crippen LogP contribution in [-0.2, 0) is 18.9 Å². The molecule has 0 amide bonds. The first-order chi connectivity index (χ1) is 20.8. The van der Waals surface area contributed by atoms with Crippen molar-refractivity contribution in [3.63, 3.8) is 0 Å². The molecular weight excluding hydrogens is 568 g/mol. The lowest BCUT2D eigenvalue weighted by atomic mass is 9.46. The maximum absolute atomic E-state index is 10.6. The van der Waals surface area contributed by atoms with E-state index in [2.05, 4.69) is 33.8 Å². The van der Waals surface area contributed by atoms with E-state index in [0.717, 1.165) is 32.1 Å². The monoisotopic (exact) mass is 624 g/mol. The number of allylic oxidation sites excluding steroid dienone is 1. The highest BCUT2D eigenvalue weighted by atomic mass is 16.7. The summed E-state index contributed by atoms with van der Waals surface area (Å²) in [7, 11) is 1.75. The van der Waals surface area contributed by atoms with Crippen LogP contribution in [0.4, 0.5) is 0 Å². The number of aliphatic hydroxyl groups excluding tert-OH is 6. The smallest absolute Gasteiger partial charge is 0.186 e. The molecule has 10 nitrogen and oxygen atoms in total. The van der Waals surface area contributed by atoms with E-state index in [1.54, 1.807) is 7.11 Å². The zero-order chi connectivity index (χ0) is 31.8. The van der Waals surface area contributed by atoms with Crippen molar-refractivity contribution in [3.05, 3.63) is 11.6 Å². The van der Waals surface area contributed by atoms with Gasteiger partial charge in [-0.3, -0.25) is 0 Å². The fourth-order valence-electron chi connectivity index (χ4n) is 11.0. The van der Waals surface area contributed by atoms with Crippen molar-refractivity contribution in [2.75, 3.05) is 20.3 Å². The zero-order valence-corrected chi connectivity index (χ0v) is 27.0. The van der Waals surface area contributed by atoms with Gasteiger partial charge in [0.2, 0.25) is 0 Å². The van der Waals surface area contributed by atoms with Gasteiger partial charge in [-0.05, 0) is 85.4 Å². The molecule has 2 aliphatic heterocycles. The number of hydrogen-bond acceptors (Lipinski definition) is 10. The van der Waals surface area contributed by atoms with Crippen LogP contribution in [0.15, 0.2) is 11.6 Å². The molecule has 2 heterocycles. The number of aliphatic hydroxyl groups is 6. The van der Waals surface area contributed by atoms with Crippen molar-refractivity contribution in [2.45, 2.75) is 134 Å². The predicted octanol–water partition coefficient (Wildman–Crippen LogP) is 2.12. The molecule has 17 atom stereocenters. The summed E-state index contributed by atoms with van der Waals surface area (Å²) in [5, 5.41) is 60.9. The number of rotatable bonds is 8. The Kier molecular flexibility index (Phi) is 9.14. The third-order valence-corrected chi connectivity index (χ3v) is 13.5. The molecule has 2 saturated heterocycles. The topological polar surface area (TPSA) is 158 Å². The normalized spacial score (nSPS) is 54.2. The van der Waals surface area contributed by atoms with Gasteiger partial charge in [0.05, 0.1) is 31.5 Å². The van der Waals surface area contributed by atoms with Crippen molar-refractivity contribution in [1.29, 1.82) is 0 Å². The van der Waals surface area contributed by atoms with Crippen LogP contribution in [0.1, 0.15) is 79.1 Å². The third kappa shape index (κ3) is 5.15. The molecular formula is C34H56O10. The first-order valence-electron chi connectivity index (χ1n) is 17.0. The summed E-state index contributed by atoms with van der Waals surface area (Å²) in [6.07, 6.45) is 1.89. The Morgan fingerprint density at radius 2 is 1.80 bits per heavy atom. The van der Waals surface area contributed by atoms with Crippen molar-refractivity contribution in [3.8, 4) is 0 Å². The Balaban J connectivity index is 1.09. The molecule has 5 fully saturated rings. The van der Waals surface area contributed by atoms with Gasteiger partial charge in [-0.15, -0.1) is 0 Å². The molecule has 0 spiro atoms. The van der Waals surface area contributed by atoms with E-state index in [4.69, 9.17) is 18.9 Å². The molecule has 0 aromatic rings. The molecule has 0 aromatic carbocycles. The first-order valence-corrected chi connectivity index (χ1v) is 17.0.